The highest BCUT2D eigenvalue weighted by Gasteiger charge is 2.54. The molecular weight excluding hydrogens is 546 g/mol. The summed E-state index contributed by atoms with van der Waals surface area (Å²) in [4.78, 5) is 66.3. The number of nitrogen functional groups attached to an aromatic ring is 1. The third-order valence-corrected chi connectivity index (χ3v) is 8.68. The van der Waals surface area contributed by atoms with E-state index < -0.39 is 46.5 Å². The average Bonchev–Trinajstić information content (AvgIpc) is 3.29. The number of carboxylic acids is 2. The highest BCUT2D eigenvalue weighted by molar-refractivity contribution is 8.00. The van der Waals surface area contributed by atoms with Crippen LogP contribution in [0.25, 0.3) is 0 Å². The zero-order valence-electron chi connectivity index (χ0n) is 18.7. The number of aliphatic carboxylic acids is 1. The number of carbonyl (C=O) groups is 5. The van der Waals surface area contributed by atoms with Crippen molar-refractivity contribution in [3.8, 4) is 0 Å². The van der Waals surface area contributed by atoms with Gasteiger partial charge >= 0.3 is 18.0 Å². The van der Waals surface area contributed by atoms with Gasteiger partial charge < -0.3 is 31.7 Å². The minimum Gasteiger partial charge on any atom is -0.478 e. The Kier molecular flexibility index (Phi) is 7.60. The van der Waals surface area contributed by atoms with Gasteiger partial charge in [-0.25, -0.2) is 19.4 Å². The highest BCUT2D eigenvalue weighted by Crippen LogP contribution is 2.42. The summed E-state index contributed by atoms with van der Waals surface area (Å²) in [6.07, 6.45) is -1.08. The Hall–Kier alpha value is -3.76. The van der Waals surface area contributed by atoms with Crippen molar-refractivity contribution in [1.29, 1.82) is 0 Å². The molecule has 7 N–H and O–H groups in total. The second-order valence-electron chi connectivity index (χ2n) is 7.67. The number of primary amides is 1. The van der Waals surface area contributed by atoms with Crippen LogP contribution in [-0.2, 0) is 19.1 Å². The van der Waals surface area contributed by atoms with E-state index in [1.807, 2.05) is 0 Å². The number of thioether (sulfide) groups is 2. The standard InChI is InChI=1S/C21H19N5O8S3/c22-20-24-10(7-36-20)14(37-11-4-2-1-3-9(11)18(29)30)15(27)25-12-16(28)26-13(19(31)32)8(5-34-21(23)33)6-35-17(12)26/h1-4,7,12,14,17H,5-6H2,(H2,22,24)(H2,23,33)(H,25,27)(H,29,30)(H,31,32)/t12?,14?,17-/m0/s1. The van der Waals surface area contributed by atoms with E-state index in [1.165, 1.54) is 17.8 Å². The first-order valence-corrected chi connectivity index (χ1v) is 13.2. The van der Waals surface area contributed by atoms with Gasteiger partial charge in [-0.05, 0) is 12.1 Å². The van der Waals surface area contributed by atoms with Crippen molar-refractivity contribution in [2.24, 2.45) is 5.73 Å². The molecule has 2 aliphatic heterocycles. The first-order valence-electron chi connectivity index (χ1n) is 10.4. The monoisotopic (exact) mass is 565 g/mol. The van der Waals surface area contributed by atoms with Crippen molar-refractivity contribution < 1.29 is 38.9 Å². The molecule has 0 spiro atoms. The van der Waals surface area contributed by atoms with Gasteiger partial charge in [-0.3, -0.25) is 14.5 Å². The number of hydrogen-bond donors (Lipinski definition) is 5. The van der Waals surface area contributed by atoms with Crippen LogP contribution >= 0.6 is 34.9 Å². The van der Waals surface area contributed by atoms with Crippen molar-refractivity contribution in [3.63, 3.8) is 0 Å². The summed E-state index contributed by atoms with van der Waals surface area (Å²) in [6, 6.07) is 5.10. The maximum atomic E-state index is 13.4. The Morgan fingerprint density at radius 2 is 1.97 bits per heavy atom. The number of nitrogens with two attached hydrogens (primary N) is 2. The molecule has 0 bridgehead atoms. The Bertz CT molecular complexity index is 1330. The zero-order valence-corrected chi connectivity index (χ0v) is 21.1. The fourth-order valence-corrected chi connectivity index (χ4v) is 6.84. The predicted molar refractivity (Wildman–Crippen MR) is 134 cm³/mol. The summed E-state index contributed by atoms with van der Waals surface area (Å²) >= 11 is 3.23. The molecule has 3 amide bonds. The number of rotatable bonds is 9. The summed E-state index contributed by atoms with van der Waals surface area (Å²) in [6.45, 7) is -0.384. The van der Waals surface area contributed by atoms with Crippen molar-refractivity contribution in [2.45, 2.75) is 21.6 Å². The van der Waals surface area contributed by atoms with Crippen molar-refractivity contribution >= 4 is 69.8 Å². The third kappa shape index (κ3) is 5.35. The number of amides is 3. The molecule has 1 aromatic heterocycles. The molecule has 16 heteroatoms. The number of carboxylic acid groups (broad SMARTS) is 2. The number of aromatic carboxylic acids is 1. The van der Waals surface area contributed by atoms with Crippen molar-refractivity contribution in [3.05, 3.63) is 52.2 Å². The molecule has 1 aromatic carbocycles. The van der Waals surface area contributed by atoms with E-state index in [0.717, 1.165) is 28.0 Å². The van der Waals surface area contributed by atoms with E-state index in [9.17, 15) is 34.2 Å². The Labute approximate surface area is 221 Å². The number of benzene rings is 1. The minimum atomic E-state index is -1.39. The minimum absolute atomic E-state index is 0.0100. The summed E-state index contributed by atoms with van der Waals surface area (Å²) in [5, 5.41) is 21.9. The van der Waals surface area contributed by atoms with Crippen molar-refractivity contribution in [2.75, 3.05) is 18.1 Å². The van der Waals surface area contributed by atoms with E-state index in [-0.39, 0.29) is 40.0 Å². The van der Waals surface area contributed by atoms with Crippen LogP contribution in [0.15, 0.2) is 45.8 Å². The molecule has 4 rings (SSSR count). The lowest BCUT2D eigenvalue weighted by atomic mass is 10.0. The van der Waals surface area contributed by atoms with Gasteiger partial charge in [0.1, 0.15) is 29.0 Å². The fourth-order valence-electron chi connectivity index (χ4n) is 3.72. The molecule has 1 fully saturated rings. The summed E-state index contributed by atoms with van der Waals surface area (Å²) < 4.78 is 4.70. The second kappa shape index (κ2) is 10.7. The molecule has 0 radical (unpaired) electrons. The topological polar surface area (TPSA) is 215 Å². The number of nitrogens with zero attached hydrogens (tertiary/aromatic N) is 2. The molecule has 194 valence electrons. The molecule has 2 aromatic rings. The van der Waals surface area contributed by atoms with Gasteiger partial charge in [0.25, 0.3) is 5.91 Å². The molecule has 2 aliphatic rings. The van der Waals surface area contributed by atoms with Crippen LogP contribution in [0.3, 0.4) is 0 Å². The number of hydrogen-bond acceptors (Lipinski definition) is 11. The van der Waals surface area contributed by atoms with Crippen LogP contribution in [0, 0.1) is 0 Å². The SMILES string of the molecule is NC(=O)OCC1=C(C(=O)O)N2C(=O)C(NC(=O)C(Sc3ccccc3C(=O)O)c3csc(N)n3)[C@@H]2SC1. The number of thiazole rings is 1. The van der Waals surface area contributed by atoms with Crippen LogP contribution < -0.4 is 16.8 Å². The highest BCUT2D eigenvalue weighted by atomic mass is 32.2. The zero-order chi connectivity index (χ0) is 26.9. The van der Waals surface area contributed by atoms with Crippen LogP contribution in [0.1, 0.15) is 21.3 Å². The maximum absolute atomic E-state index is 13.4. The van der Waals surface area contributed by atoms with E-state index in [0.29, 0.717) is 4.90 Å². The van der Waals surface area contributed by atoms with E-state index in [4.69, 9.17) is 16.2 Å². The molecule has 3 atom stereocenters. The first-order chi connectivity index (χ1) is 17.6. The lowest BCUT2D eigenvalue weighted by molar-refractivity contribution is -0.150. The number of aromatic nitrogens is 1. The summed E-state index contributed by atoms with van der Waals surface area (Å²) in [7, 11) is 0. The Morgan fingerprint density at radius 1 is 1.24 bits per heavy atom. The molecule has 3 heterocycles. The van der Waals surface area contributed by atoms with E-state index >= 15 is 0 Å². The quantitative estimate of drug-likeness (QED) is 0.213. The van der Waals surface area contributed by atoms with Gasteiger partial charge in [0.05, 0.1) is 11.3 Å². The van der Waals surface area contributed by atoms with Crippen LogP contribution in [0.5, 0.6) is 0 Å². The number of fused-ring (bicyclic) bond motifs is 1. The van der Waals surface area contributed by atoms with E-state index in [2.05, 4.69) is 10.3 Å². The number of ether oxygens (including phenoxy) is 1. The number of β-lactam (4-membered cyclic amide) rings is 1. The van der Waals surface area contributed by atoms with Gasteiger partial charge in [0.15, 0.2) is 5.13 Å². The lowest BCUT2D eigenvalue weighted by Crippen LogP contribution is -2.70. The molecule has 0 saturated carbocycles. The normalized spacial score (nSPS) is 19.5. The average molecular weight is 566 g/mol. The Balaban J connectivity index is 1.56. The molecule has 13 nitrogen and oxygen atoms in total. The predicted octanol–water partition coefficient (Wildman–Crippen LogP) is 1.09. The van der Waals surface area contributed by atoms with Crippen LogP contribution in [0.4, 0.5) is 9.93 Å². The molecule has 2 unspecified atom stereocenters. The lowest BCUT2D eigenvalue weighted by Gasteiger charge is -2.49. The van der Waals surface area contributed by atoms with Gasteiger partial charge in [0.2, 0.25) is 5.91 Å². The van der Waals surface area contributed by atoms with Crippen LogP contribution in [0.2, 0.25) is 0 Å². The van der Waals surface area contributed by atoms with E-state index in [1.54, 1.807) is 23.6 Å². The second-order valence-corrected chi connectivity index (χ2v) is 10.8. The van der Waals surface area contributed by atoms with Crippen molar-refractivity contribution in [1.82, 2.24) is 15.2 Å². The third-order valence-electron chi connectivity index (χ3n) is 5.34. The number of anilines is 1. The molecule has 0 aliphatic carbocycles. The smallest absolute Gasteiger partial charge is 0.404 e. The van der Waals surface area contributed by atoms with Crippen LogP contribution in [-0.4, -0.2) is 73.7 Å². The molecular formula is C21H19N5O8S3. The summed E-state index contributed by atoms with van der Waals surface area (Å²) in [5.74, 6) is -3.72. The fraction of sp³-hybridized carbons (Fsp3) is 0.238. The molecule has 37 heavy (non-hydrogen) atoms. The first kappa shape index (κ1) is 26.3. The van der Waals surface area contributed by atoms with Gasteiger partial charge in [0, 0.05) is 21.6 Å². The number of carbonyl (C=O) groups excluding carboxylic acids is 3. The molecule has 1 saturated heterocycles. The summed E-state index contributed by atoms with van der Waals surface area (Å²) in [5.41, 5.74) is 10.8. The Morgan fingerprint density at radius 3 is 2.59 bits per heavy atom. The largest absolute Gasteiger partial charge is 0.478 e. The van der Waals surface area contributed by atoms with Gasteiger partial charge in [-0.15, -0.1) is 34.9 Å². The van der Waals surface area contributed by atoms with Gasteiger partial charge in [-0.2, -0.15) is 0 Å². The maximum Gasteiger partial charge on any atom is 0.404 e. The number of nitrogens with one attached hydrogen (secondary N) is 1. The van der Waals surface area contributed by atoms with Gasteiger partial charge in [-0.1, -0.05) is 12.1 Å².